The number of nitrogens with one attached hydrogen (secondary N) is 1. The van der Waals surface area contributed by atoms with Gasteiger partial charge in [-0.2, -0.15) is 11.8 Å². The maximum absolute atomic E-state index is 10.7. The maximum Gasteiger partial charge on any atom is 0.208 e. The molecule has 0 aromatic rings. The van der Waals surface area contributed by atoms with Crippen LogP contribution in [0.25, 0.3) is 0 Å². The molecule has 0 unspecified atom stereocenters. The highest BCUT2D eigenvalue weighted by Crippen LogP contribution is 2.03. The molecule has 80 valence electrons. The SMILES string of the molecule is CSCCCCCCNS(C)(=O)=O. The lowest BCUT2D eigenvalue weighted by atomic mass is 10.2. The predicted octanol–water partition coefficient (Wildman–Crippen LogP) is 1.46. The van der Waals surface area contributed by atoms with Crippen LogP contribution in [0.4, 0.5) is 0 Å². The summed E-state index contributed by atoms with van der Waals surface area (Å²) < 4.78 is 23.8. The minimum absolute atomic E-state index is 0.581. The lowest BCUT2D eigenvalue weighted by Gasteiger charge is -2.01. The quantitative estimate of drug-likeness (QED) is 0.636. The van der Waals surface area contributed by atoms with Crippen LogP contribution in [-0.2, 0) is 10.0 Å². The van der Waals surface area contributed by atoms with Crippen molar-refractivity contribution in [3.05, 3.63) is 0 Å². The van der Waals surface area contributed by atoms with Gasteiger partial charge in [0.15, 0.2) is 0 Å². The maximum atomic E-state index is 10.7. The monoisotopic (exact) mass is 225 g/mol. The Labute approximate surface area is 85.7 Å². The van der Waals surface area contributed by atoms with Gasteiger partial charge in [0.1, 0.15) is 0 Å². The van der Waals surface area contributed by atoms with Crippen molar-refractivity contribution in [3.8, 4) is 0 Å². The molecule has 0 aromatic carbocycles. The fraction of sp³-hybridized carbons (Fsp3) is 1.00. The fourth-order valence-corrected chi connectivity index (χ4v) is 1.99. The van der Waals surface area contributed by atoms with E-state index in [-0.39, 0.29) is 0 Å². The molecule has 5 heteroatoms. The van der Waals surface area contributed by atoms with E-state index in [2.05, 4.69) is 11.0 Å². The van der Waals surface area contributed by atoms with Crippen molar-refractivity contribution in [1.82, 2.24) is 4.72 Å². The first-order chi connectivity index (χ1) is 6.06. The Hall–Kier alpha value is 0.260. The molecule has 0 aliphatic carbocycles. The summed E-state index contributed by atoms with van der Waals surface area (Å²) >= 11 is 1.86. The first-order valence-electron chi connectivity index (χ1n) is 4.50. The van der Waals surface area contributed by atoms with Crippen LogP contribution in [0.1, 0.15) is 25.7 Å². The third-order valence-corrected chi connectivity index (χ3v) is 3.06. The van der Waals surface area contributed by atoms with E-state index >= 15 is 0 Å². The first kappa shape index (κ1) is 13.3. The Bertz CT molecular complexity index is 202. The van der Waals surface area contributed by atoms with E-state index in [1.165, 1.54) is 24.9 Å². The molecule has 0 bridgehead atoms. The Morgan fingerprint density at radius 1 is 1.15 bits per heavy atom. The average Bonchev–Trinajstić information content (AvgIpc) is 2.01. The van der Waals surface area contributed by atoms with Crippen LogP contribution in [-0.4, -0.2) is 33.2 Å². The topological polar surface area (TPSA) is 46.2 Å². The molecule has 1 N–H and O–H groups in total. The molecule has 0 atom stereocenters. The Balaban J connectivity index is 3.09. The van der Waals surface area contributed by atoms with Crippen molar-refractivity contribution in [3.63, 3.8) is 0 Å². The van der Waals surface area contributed by atoms with Crippen LogP contribution in [0, 0.1) is 0 Å². The molecule has 0 aliphatic heterocycles. The number of unbranched alkanes of at least 4 members (excludes halogenated alkanes) is 3. The Morgan fingerprint density at radius 2 is 1.77 bits per heavy atom. The van der Waals surface area contributed by atoms with Gasteiger partial charge in [0.25, 0.3) is 0 Å². The standard InChI is InChI=1S/C8H19NO2S2/c1-12-8-6-4-3-5-7-9-13(2,10)11/h9H,3-8H2,1-2H3. The molecule has 0 saturated heterocycles. The number of rotatable bonds is 8. The van der Waals surface area contributed by atoms with Crippen molar-refractivity contribution in [2.75, 3.05) is 24.8 Å². The number of hydrogen-bond acceptors (Lipinski definition) is 3. The van der Waals surface area contributed by atoms with Crippen LogP contribution in [0.3, 0.4) is 0 Å². The third-order valence-electron chi connectivity index (χ3n) is 1.64. The summed E-state index contributed by atoms with van der Waals surface area (Å²) in [5.74, 6) is 1.21. The summed E-state index contributed by atoms with van der Waals surface area (Å²) in [6.45, 7) is 0.581. The zero-order valence-electron chi connectivity index (χ0n) is 8.38. The van der Waals surface area contributed by atoms with Gasteiger partial charge in [0, 0.05) is 6.54 Å². The minimum atomic E-state index is -2.98. The normalized spacial score (nSPS) is 11.8. The van der Waals surface area contributed by atoms with Gasteiger partial charge in [-0.3, -0.25) is 0 Å². The molecular weight excluding hydrogens is 206 g/mol. The molecule has 0 saturated carbocycles. The number of hydrogen-bond donors (Lipinski definition) is 1. The highest BCUT2D eigenvalue weighted by molar-refractivity contribution is 7.98. The summed E-state index contributed by atoms with van der Waals surface area (Å²) in [6, 6.07) is 0. The lowest BCUT2D eigenvalue weighted by Crippen LogP contribution is -2.22. The predicted molar refractivity (Wildman–Crippen MR) is 59.7 cm³/mol. The molecule has 0 aliphatic rings. The van der Waals surface area contributed by atoms with Gasteiger partial charge in [-0.05, 0) is 24.9 Å². The highest BCUT2D eigenvalue weighted by atomic mass is 32.2. The van der Waals surface area contributed by atoms with E-state index in [0.717, 1.165) is 12.8 Å². The third kappa shape index (κ3) is 12.3. The lowest BCUT2D eigenvalue weighted by molar-refractivity contribution is 0.579. The van der Waals surface area contributed by atoms with E-state index in [1.807, 2.05) is 11.8 Å². The molecule has 0 spiro atoms. The van der Waals surface area contributed by atoms with E-state index in [1.54, 1.807) is 0 Å². The molecule has 0 fully saturated rings. The van der Waals surface area contributed by atoms with Gasteiger partial charge in [-0.15, -0.1) is 0 Å². The van der Waals surface area contributed by atoms with Gasteiger partial charge in [0.2, 0.25) is 10.0 Å². The van der Waals surface area contributed by atoms with Crippen molar-refractivity contribution >= 4 is 21.8 Å². The van der Waals surface area contributed by atoms with E-state index in [4.69, 9.17) is 0 Å². The first-order valence-corrected chi connectivity index (χ1v) is 7.78. The van der Waals surface area contributed by atoms with E-state index in [9.17, 15) is 8.42 Å². The molecule has 0 amide bonds. The fourth-order valence-electron chi connectivity index (χ4n) is 0.983. The van der Waals surface area contributed by atoms with Gasteiger partial charge >= 0.3 is 0 Å². The zero-order chi connectivity index (χ0) is 10.2. The summed E-state index contributed by atoms with van der Waals surface area (Å²) in [5, 5.41) is 0. The van der Waals surface area contributed by atoms with E-state index in [0.29, 0.717) is 6.54 Å². The number of thioether (sulfide) groups is 1. The largest absolute Gasteiger partial charge is 0.215 e. The second-order valence-electron chi connectivity index (χ2n) is 3.07. The molecular formula is C8H19NO2S2. The van der Waals surface area contributed by atoms with Gasteiger partial charge in [0.05, 0.1) is 6.26 Å². The molecule has 0 aromatic heterocycles. The highest BCUT2D eigenvalue weighted by Gasteiger charge is 1.97. The summed E-state index contributed by atoms with van der Waals surface area (Å²) in [5.41, 5.74) is 0. The van der Waals surface area contributed by atoms with Crippen LogP contribution in [0.2, 0.25) is 0 Å². The van der Waals surface area contributed by atoms with Crippen LogP contribution in [0.5, 0.6) is 0 Å². The Morgan fingerprint density at radius 3 is 2.31 bits per heavy atom. The van der Waals surface area contributed by atoms with Crippen LogP contribution < -0.4 is 4.72 Å². The van der Waals surface area contributed by atoms with Gasteiger partial charge < -0.3 is 0 Å². The van der Waals surface area contributed by atoms with Crippen molar-refractivity contribution < 1.29 is 8.42 Å². The smallest absolute Gasteiger partial charge is 0.208 e. The molecule has 13 heavy (non-hydrogen) atoms. The van der Waals surface area contributed by atoms with Gasteiger partial charge in [-0.1, -0.05) is 12.8 Å². The van der Waals surface area contributed by atoms with Crippen molar-refractivity contribution in [2.24, 2.45) is 0 Å². The van der Waals surface area contributed by atoms with E-state index < -0.39 is 10.0 Å². The van der Waals surface area contributed by atoms with Crippen molar-refractivity contribution in [2.45, 2.75) is 25.7 Å². The average molecular weight is 225 g/mol. The summed E-state index contributed by atoms with van der Waals surface area (Å²) in [6.07, 6.45) is 7.79. The van der Waals surface area contributed by atoms with Crippen molar-refractivity contribution in [1.29, 1.82) is 0 Å². The summed E-state index contributed by atoms with van der Waals surface area (Å²) in [4.78, 5) is 0. The second-order valence-corrected chi connectivity index (χ2v) is 5.89. The number of sulfonamides is 1. The molecule has 0 heterocycles. The molecule has 0 radical (unpaired) electrons. The second kappa shape index (κ2) is 7.64. The molecule has 3 nitrogen and oxygen atoms in total. The van der Waals surface area contributed by atoms with Crippen LogP contribution >= 0.6 is 11.8 Å². The minimum Gasteiger partial charge on any atom is -0.215 e. The summed E-state index contributed by atoms with van der Waals surface area (Å²) in [7, 11) is -2.98. The van der Waals surface area contributed by atoms with Crippen LogP contribution in [0.15, 0.2) is 0 Å². The zero-order valence-corrected chi connectivity index (χ0v) is 10.0. The molecule has 0 rings (SSSR count). The van der Waals surface area contributed by atoms with Gasteiger partial charge in [-0.25, -0.2) is 13.1 Å². The Kier molecular flexibility index (Phi) is 7.80.